The average molecular weight is 250 g/mol. The van der Waals surface area contributed by atoms with E-state index in [1.807, 2.05) is 12.1 Å². The quantitative estimate of drug-likeness (QED) is 0.756. The third kappa shape index (κ3) is 2.90. The SMILES string of the molecule is CN1CCN(C(C)(C)C)[C@H](c2ccc(F)cc2)C1. The van der Waals surface area contributed by atoms with Gasteiger partial charge in [0.25, 0.3) is 0 Å². The monoisotopic (exact) mass is 250 g/mol. The van der Waals surface area contributed by atoms with Crippen LogP contribution in [-0.4, -0.2) is 42.0 Å². The van der Waals surface area contributed by atoms with Gasteiger partial charge < -0.3 is 4.90 Å². The zero-order valence-corrected chi connectivity index (χ0v) is 11.8. The van der Waals surface area contributed by atoms with Gasteiger partial charge in [-0.1, -0.05) is 12.1 Å². The van der Waals surface area contributed by atoms with Crippen molar-refractivity contribution in [3.63, 3.8) is 0 Å². The highest BCUT2D eigenvalue weighted by Gasteiger charge is 2.33. The second-order valence-electron chi connectivity index (χ2n) is 6.19. The van der Waals surface area contributed by atoms with E-state index in [2.05, 4.69) is 37.6 Å². The molecule has 1 heterocycles. The number of rotatable bonds is 1. The minimum Gasteiger partial charge on any atom is -0.303 e. The van der Waals surface area contributed by atoms with Crippen LogP contribution in [-0.2, 0) is 0 Å². The maximum atomic E-state index is 13.0. The molecule has 0 radical (unpaired) electrons. The van der Waals surface area contributed by atoms with Crippen molar-refractivity contribution < 1.29 is 4.39 Å². The molecule has 1 saturated heterocycles. The molecule has 0 aliphatic carbocycles. The van der Waals surface area contributed by atoms with Gasteiger partial charge >= 0.3 is 0 Å². The molecule has 0 spiro atoms. The number of halogens is 1. The molecule has 0 saturated carbocycles. The Morgan fingerprint density at radius 3 is 2.28 bits per heavy atom. The fraction of sp³-hybridized carbons (Fsp3) is 0.600. The van der Waals surface area contributed by atoms with Crippen LogP contribution < -0.4 is 0 Å². The van der Waals surface area contributed by atoms with Crippen LogP contribution in [0.25, 0.3) is 0 Å². The Morgan fingerprint density at radius 1 is 1.11 bits per heavy atom. The van der Waals surface area contributed by atoms with Crippen LogP contribution in [0.4, 0.5) is 4.39 Å². The molecule has 1 aliphatic heterocycles. The predicted octanol–water partition coefficient (Wildman–Crippen LogP) is 2.91. The highest BCUT2D eigenvalue weighted by molar-refractivity contribution is 5.21. The lowest BCUT2D eigenvalue weighted by molar-refractivity contribution is 0.0180. The van der Waals surface area contributed by atoms with Crippen molar-refractivity contribution in [2.45, 2.75) is 32.4 Å². The fourth-order valence-electron chi connectivity index (χ4n) is 2.69. The Kier molecular flexibility index (Phi) is 3.74. The van der Waals surface area contributed by atoms with Crippen LogP contribution >= 0.6 is 0 Å². The molecule has 0 bridgehead atoms. The summed E-state index contributed by atoms with van der Waals surface area (Å²) < 4.78 is 13.0. The Labute approximate surface area is 109 Å². The summed E-state index contributed by atoms with van der Waals surface area (Å²) in [5.74, 6) is -0.162. The summed E-state index contributed by atoms with van der Waals surface area (Å²) in [7, 11) is 2.15. The summed E-state index contributed by atoms with van der Waals surface area (Å²) >= 11 is 0. The molecule has 0 aromatic heterocycles. The summed E-state index contributed by atoms with van der Waals surface area (Å²) in [4.78, 5) is 4.86. The standard InChI is InChI=1S/C15H23FN2/c1-15(2,3)18-10-9-17(4)11-14(18)12-5-7-13(16)8-6-12/h5-8,14H,9-11H2,1-4H3/t14-/m0/s1. The highest BCUT2D eigenvalue weighted by atomic mass is 19.1. The maximum Gasteiger partial charge on any atom is 0.123 e. The maximum absolute atomic E-state index is 13.0. The topological polar surface area (TPSA) is 6.48 Å². The molecule has 1 aromatic rings. The van der Waals surface area contributed by atoms with E-state index in [0.717, 1.165) is 19.6 Å². The van der Waals surface area contributed by atoms with E-state index in [1.54, 1.807) is 12.1 Å². The van der Waals surface area contributed by atoms with E-state index < -0.39 is 0 Å². The van der Waals surface area contributed by atoms with Gasteiger partial charge in [0.15, 0.2) is 0 Å². The molecular formula is C15H23FN2. The molecule has 1 fully saturated rings. The normalized spacial score (nSPS) is 23.3. The summed E-state index contributed by atoms with van der Waals surface area (Å²) in [6.45, 7) is 9.89. The van der Waals surface area contributed by atoms with Crippen LogP contribution in [0.2, 0.25) is 0 Å². The van der Waals surface area contributed by atoms with Gasteiger partial charge in [0.1, 0.15) is 5.82 Å². The van der Waals surface area contributed by atoms with Gasteiger partial charge in [0, 0.05) is 31.2 Å². The molecule has 2 rings (SSSR count). The molecule has 2 nitrogen and oxygen atoms in total. The van der Waals surface area contributed by atoms with Gasteiger partial charge in [-0.2, -0.15) is 0 Å². The van der Waals surface area contributed by atoms with Crippen molar-refractivity contribution in [3.05, 3.63) is 35.6 Å². The zero-order chi connectivity index (χ0) is 13.3. The van der Waals surface area contributed by atoms with E-state index in [4.69, 9.17) is 0 Å². The van der Waals surface area contributed by atoms with Gasteiger partial charge in [-0.15, -0.1) is 0 Å². The molecule has 1 atom stereocenters. The van der Waals surface area contributed by atoms with Gasteiger partial charge in [-0.05, 0) is 45.5 Å². The van der Waals surface area contributed by atoms with Crippen molar-refractivity contribution in [1.29, 1.82) is 0 Å². The van der Waals surface area contributed by atoms with Crippen molar-refractivity contribution in [3.8, 4) is 0 Å². The average Bonchev–Trinajstić information content (AvgIpc) is 2.28. The number of nitrogens with zero attached hydrogens (tertiary/aromatic N) is 2. The summed E-state index contributed by atoms with van der Waals surface area (Å²) in [6.07, 6.45) is 0. The lowest BCUT2D eigenvalue weighted by Crippen LogP contribution is -2.54. The lowest BCUT2D eigenvalue weighted by Gasteiger charge is -2.47. The Hall–Kier alpha value is -0.930. The lowest BCUT2D eigenvalue weighted by atomic mass is 9.95. The van der Waals surface area contributed by atoms with Gasteiger partial charge in [-0.3, -0.25) is 4.90 Å². The number of benzene rings is 1. The third-order valence-electron chi connectivity index (χ3n) is 3.70. The minimum absolute atomic E-state index is 0.139. The molecule has 3 heteroatoms. The van der Waals surface area contributed by atoms with Crippen molar-refractivity contribution >= 4 is 0 Å². The summed E-state index contributed by atoms with van der Waals surface area (Å²) in [5, 5.41) is 0. The first-order valence-corrected chi connectivity index (χ1v) is 6.58. The molecule has 1 aromatic carbocycles. The van der Waals surface area contributed by atoms with Gasteiger partial charge in [-0.25, -0.2) is 4.39 Å². The summed E-state index contributed by atoms with van der Waals surface area (Å²) in [6, 6.07) is 7.30. The van der Waals surface area contributed by atoms with Crippen LogP contribution in [0.5, 0.6) is 0 Å². The first kappa shape index (κ1) is 13.5. The van der Waals surface area contributed by atoms with Gasteiger partial charge in [0.2, 0.25) is 0 Å². The molecule has 100 valence electrons. The van der Waals surface area contributed by atoms with Crippen LogP contribution in [0.15, 0.2) is 24.3 Å². The summed E-state index contributed by atoms with van der Waals surface area (Å²) in [5.41, 5.74) is 1.35. The number of piperazine rings is 1. The minimum atomic E-state index is -0.162. The molecule has 18 heavy (non-hydrogen) atoms. The molecular weight excluding hydrogens is 227 g/mol. The molecule has 0 unspecified atom stereocenters. The van der Waals surface area contributed by atoms with Crippen molar-refractivity contribution in [2.24, 2.45) is 0 Å². The number of hydrogen-bond donors (Lipinski definition) is 0. The zero-order valence-electron chi connectivity index (χ0n) is 11.8. The van der Waals surface area contributed by atoms with E-state index in [-0.39, 0.29) is 11.4 Å². The third-order valence-corrected chi connectivity index (χ3v) is 3.70. The largest absolute Gasteiger partial charge is 0.303 e. The smallest absolute Gasteiger partial charge is 0.123 e. The van der Waals surface area contributed by atoms with Crippen LogP contribution in [0, 0.1) is 5.82 Å². The molecule has 0 N–H and O–H groups in total. The van der Waals surface area contributed by atoms with E-state index in [0.29, 0.717) is 6.04 Å². The van der Waals surface area contributed by atoms with Crippen molar-refractivity contribution in [1.82, 2.24) is 9.80 Å². The fourth-order valence-corrected chi connectivity index (χ4v) is 2.69. The van der Waals surface area contributed by atoms with Crippen molar-refractivity contribution in [2.75, 3.05) is 26.7 Å². The Morgan fingerprint density at radius 2 is 1.72 bits per heavy atom. The predicted molar refractivity (Wildman–Crippen MR) is 73.1 cm³/mol. The Balaban J connectivity index is 2.28. The van der Waals surface area contributed by atoms with E-state index in [1.165, 1.54) is 5.56 Å². The van der Waals surface area contributed by atoms with E-state index >= 15 is 0 Å². The van der Waals surface area contributed by atoms with E-state index in [9.17, 15) is 4.39 Å². The number of hydrogen-bond acceptors (Lipinski definition) is 2. The van der Waals surface area contributed by atoms with Gasteiger partial charge in [0.05, 0.1) is 0 Å². The molecule has 1 aliphatic rings. The first-order valence-electron chi connectivity index (χ1n) is 6.58. The second kappa shape index (κ2) is 4.98. The first-order chi connectivity index (χ1) is 8.38. The van der Waals surface area contributed by atoms with Crippen LogP contribution in [0.3, 0.4) is 0 Å². The highest BCUT2D eigenvalue weighted by Crippen LogP contribution is 2.31. The number of likely N-dealkylation sites (N-methyl/N-ethyl adjacent to an activating group) is 1. The second-order valence-corrected chi connectivity index (χ2v) is 6.19. The molecule has 0 amide bonds. The van der Waals surface area contributed by atoms with Crippen LogP contribution in [0.1, 0.15) is 32.4 Å². The Bertz CT molecular complexity index is 394.